The molecule has 2 N–H and O–H groups in total. The molecule has 0 saturated heterocycles. The largest absolute Gasteiger partial charge is 0.497 e. The van der Waals surface area contributed by atoms with Crippen molar-refractivity contribution in [3.63, 3.8) is 0 Å². The number of carbonyl (C=O) groups excluding carboxylic acids is 1. The quantitative estimate of drug-likeness (QED) is 0.208. The summed E-state index contributed by atoms with van der Waals surface area (Å²) in [7, 11) is 3.36. The lowest BCUT2D eigenvalue weighted by atomic mass is 9.84. The van der Waals surface area contributed by atoms with Crippen LogP contribution in [-0.4, -0.2) is 37.4 Å². The maximum Gasteiger partial charge on any atom is 0.414 e. The Morgan fingerprint density at radius 2 is 1.56 bits per heavy atom. The Labute approximate surface area is 254 Å². The second-order valence-electron chi connectivity index (χ2n) is 11.1. The summed E-state index contributed by atoms with van der Waals surface area (Å²) in [5.74, 6) is 1.41. The highest BCUT2D eigenvalue weighted by Crippen LogP contribution is 2.42. The number of ether oxygens (including phenoxy) is 3. The second-order valence-corrected chi connectivity index (χ2v) is 11.1. The summed E-state index contributed by atoms with van der Waals surface area (Å²) in [4.78, 5) is 14.8. The highest BCUT2D eigenvalue weighted by atomic mass is 16.6. The van der Waals surface area contributed by atoms with E-state index in [1.807, 2.05) is 84.9 Å². The minimum absolute atomic E-state index is 0.125. The number of fused-ring (bicyclic) bond motifs is 1. The third-order valence-corrected chi connectivity index (χ3v) is 7.94. The van der Waals surface area contributed by atoms with Gasteiger partial charge in [-0.25, -0.2) is 4.79 Å². The van der Waals surface area contributed by atoms with E-state index in [0.29, 0.717) is 30.9 Å². The number of aliphatic hydroxyl groups is 1. The van der Waals surface area contributed by atoms with Crippen LogP contribution in [0.15, 0.2) is 97.1 Å². The molecule has 0 fully saturated rings. The standard InChI is InChI=1S/C36H40N2O5/c1-25(22-26-14-16-29(41-3)17-15-26)37-32-20-18-30-31(35(32)39)19-21-33(42-23-27-10-6-4-7-11-27)34(30)38(2)36(40)43-24-28-12-8-5-9-13-28/h4-17,19,21,25,32,35,37,39H,18,20,22-24H2,1-3H3/t25?,32-,35-/m1/s1. The third-order valence-electron chi connectivity index (χ3n) is 7.94. The van der Waals surface area contributed by atoms with Crippen molar-refractivity contribution in [2.45, 2.75) is 57.6 Å². The van der Waals surface area contributed by atoms with Crippen LogP contribution in [0.2, 0.25) is 0 Å². The van der Waals surface area contributed by atoms with Gasteiger partial charge in [-0.1, -0.05) is 78.9 Å². The van der Waals surface area contributed by atoms with Crippen LogP contribution >= 0.6 is 0 Å². The van der Waals surface area contributed by atoms with Gasteiger partial charge < -0.3 is 24.6 Å². The SMILES string of the molecule is COc1ccc(CC(C)N[C@@H]2CCc3c(ccc(OCc4ccccc4)c3N(C)C(=O)OCc3ccccc3)[C@H]2O)cc1. The molecule has 1 aliphatic rings. The van der Waals surface area contributed by atoms with Crippen LogP contribution in [-0.2, 0) is 30.8 Å². The van der Waals surface area contributed by atoms with Crippen LogP contribution < -0.4 is 19.7 Å². The number of anilines is 1. The molecule has 4 aromatic carbocycles. The first-order valence-electron chi connectivity index (χ1n) is 14.8. The van der Waals surface area contributed by atoms with Crippen LogP contribution in [0.3, 0.4) is 0 Å². The van der Waals surface area contributed by atoms with Gasteiger partial charge >= 0.3 is 6.09 Å². The van der Waals surface area contributed by atoms with Crippen molar-refractivity contribution in [1.29, 1.82) is 0 Å². The summed E-state index contributed by atoms with van der Waals surface area (Å²) < 4.78 is 17.2. The Morgan fingerprint density at radius 3 is 2.21 bits per heavy atom. The van der Waals surface area contributed by atoms with Crippen LogP contribution in [0.1, 0.15) is 47.3 Å². The molecule has 4 aromatic rings. The zero-order valence-electron chi connectivity index (χ0n) is 25.0. The molecule has 0 heterocycles. The third kappa shape index (κ3) is 7.55. The van der Waals surface area contributed by atoms with E-state index in [4.69, 9.17) is 14.2 Å². The molecule has 7 heteroatoms. The Bertz CT molecular complexity index is 1480. The highest BCUT2D eigenvalue weighted by molar-refractivity contribution is 5.91. The molecule has 1 amide bonds. The Hall–Kier alpha value is -4.33. The molecule has 1 aliphatic carbocycles. The van der Waals surface area contributed by atoms with Crippen molar-refractivity contribution in [2.75, 3.05) is 19.1 Å². The summed E-state index contributed by atoms with van der Waals surface area (Å²) in [5.41, 5.74) is 5.46. The molecule has 1 unspecified atom stereocenters. The maximum atomic E-state index is 13.3. The van der Waals surface area contributed by atoms with Gasteiger partial charge in [-0.3, -0.25) is 4.90 Å². The lowest BCUT2D eigenvalue weighted by Crippen LogP contribution is -2.44. The number of hydrogen-bond donors (Lipinski definition) is 2. The molecule has 0 aliphatic heterocycles. The lowest BCUT2D eigenvalue weighted by Gasteiger charge is -2.35. The van der Waals surface area contributed by atoms with Gasteiger partial charge in [0.1, 0.15) is 24.7 Å². The van der Waals surface area contributed by atoms with Gasteiger partial charge in [-0.05, 0) is 72.2 Å². The number of nitrogens with zero attached hydrogens (tertiary/aromatic N) is 1. The average molecular weight is 581 g/mol. The van der Waals surface area contributed by atoms with Gasteiger partial charge in [0.05, 0.1) is 18.9 Å². The summed E-state index contributed by atoms with van der Waals surface area (Å²) in [6, 6.07) is 31.4. The van der Waals surface area contributed by atoms with Gasteiger partial charge in [-0.15, -0.1) is 0 Å². The van der Waals surface area contributed by atoms with Crippen molar-refractivity contribution in [3.05, 3.63) is 125 Å². The molecule has 0 radical (unpaired) electrons. The molecule has 7 nitrogen and oxygen atoms in total. The van der Waals surface area contributed by atoms with E-state index < -0.39 is 12.2 Å². The first-order valence-corrected chi connectivity index (χ1v) is 14.8. The molecule has 0 aromatic heterocycles. The Kier molecular flexibility index (Phi) is 9.97. The van der Waals surface area contributed by atoms with Gasteiger partial charge in [0, 0.05) is 19.1 Å². The first kappa shape index (κ1) is 30.1. The minimum atomic E-state index is -0.738. The average Bonchev–Trinajstić information content (AvgIpc) is 3.04. The molecule has 0 bridgehead atoms. The van der Waals surface area contributed by atoms with Crippen LogP contribution in [0.25, 0.3) is 0 Å². The summed E-state index contributed by atoms with van der Waals surface area (Å²) in [6.45, 7) is 2.66. The van der Waals surface area contributed by atoms with Crippen LogP contribution in [0.4, 0.5) is 10.5 Å². The molecule has 0 spiro atoms. The van der Waals surface area contributed by atoms with E-state index in [1.54, 1.807) is 14.2 Å². The number of nitrogens with one attached hydrogen (secondary N) is 1. The normalized spacial score (nSPS) is 16.6. The molecule has 0 saturated carbocycles. The number of hydrogen-bond acceptors (Lipinski definition) is 6. The number of amides is 1. The molecule has 224 valence electrons. The summed E-state index contributed by atoms with van der Waals surface area (Å²) in [6.07, 6.45) is 0.993. The van der Waals surface area contributed by atoms with Crippen LogP contribution in [0.5, 0.6) is 11.5 Å². The topological polar surface area (TPSA) is 80.3 Å². The van der Waals surface area contributed by atoms with E-state index in [1.165, 1.54) is 10.5 Å². The monoisotopic (exact) mass is 580 g/mol. The number of methoxy groups -OCH3 is 1. The van der Waals surface area contributed by atoms with Crippen molar-refractivity contribution < 1.29 is 24.1 Å². The van der Waals surface area contributed by atoms with Crippen LogP contribution in [0, 0.1) is 0 Å². The van der Waals surface area contributed by atoms with Gasteiger partial charge in [0.25, 0.3) is 0 Å². The van der Waals surface area contributed by atoms with Crippen molar-refractivity contribution in [2.24, 2.45) is 0 Å². The zero-order valence-corrected chi connectivity index (χ0v) is 25.0. The summed E-state index contributed by atoms with van der Waals surface area (Å²) in [5, 5.41) is 15.2. The first-order chi connectivity index (χ1) is 20.9. The fourth-order valence-electron chi connectivity index (χ4n) is 5.69. The fourth-order valence-corrected chi connectivity index (χ4v) is 5.69. The number of benzene rings is 4. The fraction of sp³-hybridized carbons (Fsp3) is 0.306. The molecule has 43 heavy (non-hydrogen) atoms. The van der Waals surface area contributed by atoms with E-state index in [-0.39, 0.29) is 18.7 Å². The highest BCUT2D eigenvalue weighted by Gasteiger charge is 2.33. The molecular weight excluding hydrogens is 540 g/mol. The predicted molar refractivity (Wildman–Crippen MR) is 169 cm³/mol. The zero-order chi connectivity index (χ0) is 30.2. The van der Waals surface area contributed by atoms with Gasteiger partial charge in [0.15, 0.2) is 0 Å². The number of carbonyl (C=O) groups is 1. The van der Waals surface area contributed by atoms with E-state index in [2.05, 4.69) is 24.4 Å². The molecular formula is C36H40N2O5. The molecule has 3 atom stereocenters. The maximum absolute atomic E-state index is 13.3. The van der Waals surface area contributed by atoms with E-state index in [0.717, 1.165) is 34.4 Å². The van der Waals surface area contributed by atoms with E-state index in [9.17, 15) is 9.90 Å². The Balaban J connectivity index is 1.35. The predicted octanol–water partition coefficient (Wildman–Crippen LogP) is 6.62. The van der Waals surface area contributed by atoms with E-state index >= 15 is 0 Å². The van der Waals surface area contributed by atoms with Crippen molar-refractivity contribution in [1.82, 2.24) is 5.32 Å². The van der Waals surface area contributed by atoms with Crippen molar-refractivity contribution >= 4 is 11.8 Å². The summed E-state index contributed by atoms with van der Waals surface area (Å²) >= 11 is 0. The Morgan fingerprint density at radius 1 is 0.907 bits per heavy atom. The second kappa shape index (κ2) is 14.2. The lowest BCUT2D eigenvalue weighted by molar-refractivity contribution is 0.109. The minimum Gasteiger partial charge on any atom is -0.497 e. The smallest absolute Gasteiger partial charge is 0.414 e. The van der Waals surface area contributed by atoms with Crippen molar-refractivity contribution in [3.8, 4) is 11.5 Å². The number of aliphatic hydroxyl groups excluding tert-OH is 1. The van der Waals surface area contributed by atoms with Gasteiger partial charge in [0.2, 0.25) is 0 Å². The molecule has 5 rings (SSSR count). The van der Waals surface area contributed by atoms with Gasteiger partial charge in [-0.2, -0.15) is 0 Å². The number of rotatable bonds is 11.